The Morgan fingerprint density at radius 2 is 2.20 bits per heavy atom. The van der Waals surface area contributed by atoms with E-state index in [2.05, 4.69) is 11.8 Å². The highest BCUT2D eigenvalue weighted by atomic mass is 16.3. The van der Waals surface area contributed by atoms with E-state index in [0.717, 1.165) is 5.56 Å². The SMILES string of the molecule is CC(O)CCN(C)C(=O)c1cccc(C#CCCO)c1. The molecule has 1 aromatic carbocycles. The van der Waals surface area contributed by atoms with E-state index in [1.165, 1.54) is 0 Å². The smallest absolute Gasteiger partial charge is 0.253 e. The third kappa shape index (κ3) is 5.43. The monoisotopic (exact) mass is 275 g/mol. The summed E-state index contributed by atoms with van der Waals surface area (Å²) in [5.74, 6) is 5.65. The lowest BCUT2D eigenvalue weighted by Gasteiger charge is -2.18. The van der Waals surface area contributed by atoms with Crippen LogP contribution < -0.4 is 0 Å². The van der Waals surface area contributed by atoms with Gasteiger partial charge in [0.25, 0.3) is 5.91 Å². The first kappa shape index (κ1) is 16.2. The van der Waals surface area contributed by atoms with Gasteiger partial charge in [-0.15, -0.1) is 0 Å². The Morgan fingerprint density at radius 3 is 2.85 bits per heavy atom. The summed E-state index contributed by atoms with van der Waals surface area (Å²) in [5, 5.41) is 17.9. The van der Waals surface area contributed by atoms with E-state index in [9.17, 15) is 9.90 Å². The van der Waals surface area contributed by atoms with Crippen molar-refractivity contribution in [1.29, 1.82) is 0 Å². The zero-order valence-electron chi connectivity index (χ0n) is 12.0. The Balaban J connectivity index is 2.73. The molecule has 108 valence electrons. The van der Waals surface area contributed by atoms with Crippen molar-refractivity contribution >= 4 is 5.91 Å². The maximum Gasteiger partial charge on any atom is 0.253 e. The normalized spacial score (nSPS) is 11.4. The lowest BCUT2D eigenvalue weighted by molar-refractivity contribution is 0.0769. The summed E-state index contributed by atoms with van der Waals surface area (Å²) in [6.07, 6.45) is 0.561. The van der Waals surface area contributed by atoms with Crippen molar-refractivity contribution in [3.05, 3.63) is 35.4 Å². The van der Waals surface area contributed by atoms with Crippen molar-refractivity contribution in [2.24, 2.45) is 0 Å². The fourth-order valence-electron chi connectivity index (χ4n) is 1.65. The van der Waals surface area contributed by atoms with E-state index in [1.54, 1.807) is 37.1 Å². The van der Waals surface area contributed by atoms with Crippen LogP contribution >= 0.6 is 0 Å². The quantitative estimate of drug-likeness (QED) is 0.795. The number of nitrogens with zero attached hydrogens (tertiary/aromatic N) is 1. The minimum Gasteiger partial charge on any atom is -0.395 e. The number of aliphatic hydroxyl groups is 2. The number of hydrogen-bond donors (Lipinski definition) is 2. The Hall–Kier alpha value is -1.83. The summed E-state index contributed by atoms with van der Waals surface area (Å²) < 4.78 is 0. The Kier molecular flexibility index (Phi) is 6.78. The van der Waals surface area contributed by atoms with Crippen molar-refractivity contribution in [3.8, 4) is 11.8 Å². The van der Waals surface area contributed by atoms with Crippen molar-refractivity contribution in [2.75, 3.05) is 20.2 Å². The molecule has 1 amide bonds. The van der Waals surface area contributed by atoms with Crippen LogP contribution in [0.15, 0.2) is 24.3 Å². The maximum absolute atomic E-state index is 12.2. The Labute approximate surface area is 120 Å². The third-order valence-electron chi connectivity index (χ3n) is 2.81. The highest BCUT2D eigenvalue weighted by molar-refractivity contribution is 5.94. The van der Waals surface area contributed by atoms with Crippen LogP contribution in [0.25, 0.3) is 0 Å². The molecule has 0 aliphatic rings. The first-order valence-electron chi connectivity index (χ1n) is 6.68. The summed E-state index contributed by atoms with van der Waals surface area (Å²) in [7, 11) is 1.72. The predicted molar refractivity (Wildman–Crippen MR) is 78.3 cm³/mol. The molecule has 4 heteroatoms. The summed E-state index contributed by atoms with van der Waals surface area (Å²) in [6.45, 7) is 2.25. The standard InChI is InChI=1S/C16H21NO3/c1-13(19)9-10-17(2)16(20)15-8-5-7-14(12-15)6-3-4-11-18/h5,7-8,12-13,18-19H,4,9-11H2,1-2H3. The first-order valence-corrected chi connectivity index (χ1v) is 6.68. The van der Waals surface area contributed by atoms with Gasteiger partial charge >= 0.3 is 0 Å². The van der Waals surface area contributed by atoms with Gasteiger partial charge in [0.1, 0.15) is 0 Å². The van der Waals surface area contributed by atoms with Crippen LogP contribution in [0, 0.1) is 11.8 Å². The van der Waals surface area contributed by atoms with Gasteiger partial charge < -0.3 is 15.1 Å². The Morgan fingerprint density at radius 1 is 1.45 bits per heavy atom. The second kappa shape index (κ2) is 8.36. The molecule has 0 aliphatic carbocycles. The van der Waals surface area contributed by atoms with Crippen LogP contribution in [0.5, 0.6) is 0 Å². The molecule has 1 unspecified atom stereocenters. The zero-order chi connectivity index (χ0) is 15.0. The van der Waals surface area contributed by atoms with Crippen LogP contribution in [0.4, 0.5) is 0 Å². The summed E-state index contributed by atoms with van der Waals surface area (Å²) >= 11 is 0. The van der Waals surface area contributed by atoms with E-state index in [4.69, 9.17) is 5.11 Å². The number of hydrogen-bond acceptors (Lipinski definition) is 3. The fourth-order valence-corrected chi connectivity index (χ4v) is 1.65. The molecule has 1 rings (SSSR count). The molecule has 0 fully saturated rings. The molecular formula is C16H21NO3. The number of benzene rings is 1. The van der Waals surface area contributed by atoms with E-state index in [1.807, 2.05) is 6.07 Å². The van der Waals surface area contributed by atoms with Gasteiger partial charge in [-0.3, -0.25) is 4.79 Å². The molecule has 0 bridgehead atoms. The average molecular weight is 275 g/mol. The van der Waals surface area contributed by atoms with E-state index >= 15 is 0 Å². The number of aliphatic hydroxyl groups excluding tert-OH is 2. The number of carbonyl (C=O) groups excluding carboxylic acids is 1. The average Bonchev–Trinajstić information content (AvgIpc) is 2.44. The minimum absolute atomic E-state index is 0.0354. The van der Waals surface area contributed by atoms with Gasteiger partial charge in [-0.1, -0.05) is 17.9 Å². The van der Waals surface area contributed by atoms with Crippen LogP contribution in [0.3, 0.4) is 0 Å². The molecule has 1 atom stereocenters. The second-order valence-corrected chi connectivity index (χ2v) is 4.72. The van der Waals surface area contributed by atoms with Crippen molar-refractivity contribution in [2.45, 2.75) is 25.9 Å². The van der Waals surface area contributed by atoms with Crippen molar-refractivity contribution < 1.29 is 15.0 Å². The number of carbonyl (C=O) groups is 1. The molecule has 0 saturated heterocycles. The topological polar surface area (TPSA) is 60.8 Å². The van der Waals surface area contributed by atoms with Crippen LogP contribution in [-0.4, -0.2) is 47.3 Å². The summed E-state index contributed by atoms with van der Waals surface area (Å²) in [6, 6.07) is 7.11. The second-order valence-electron chi connectivity index (χ2n) is 4.72. The van der Waals surface area contributed by atoms with E-state index < -0.39 is 6.10 Å². The van der Waals surface area contributed by atoms with Gasteiger partial charge in [-0.2, -0.15) is 0 Å². The minimum atomic E-state index is -0.416. The number of rotatable bonds is 5. The lowest BCUT2D eigenvalue weighted by Crippen LogP contribution is -2.29. The van der Waals surface area contributed by atoms with Gasteiger partial charge in [-0.25, -0.2) is 0 Å². The number of amides is 1. The van der Waals surface area contributed by atoms with Crippen LogP contribution in [-0.2, 0) is 0 Å². The van der Waals surface area contributed by atoms with Crippen LogP contribution in [0.2, 0.25) is 0 Å². The molecular weight excluding hydrogens is 254 g/mol. The predicted octanol–water partition coefficient (Wildman–Crippen LogP) is 1.26. The molecule has 1 aromatic rings. The maximum atomic E-state index is 12.2. The molecule has 20 heavy (non-hydrogen) atoms. The first-order chi connectivity index (χ1) is 9.54. The lowest BCUT2D eigenvalue weighted by atomic mass is 10.1. The van der Waals surface area contributed by atoms with Gasteiger partial charge in [-0.05, 0) is 31.5 Å². The Bertz CT molecular complexity index is 500. The van der Waals surface area contributed by atoms with E-state index in [0.29, 0.717) is 24.9 Å². The molecule has 0 saturated carbocycles. The van der Waals surface area contributed by atoms with E-state index in [-0.39, 0.29) is 12.5 Å². The fraction of sp³-hybridized carbons (Fsp3) is 0.438. The summed E-state index contributed by atoms with van der Waals surface area (Å²) in [4.78, 5) is 13.8. The molecule has 0 heterocycles. The van der Waals surface area contributed by atoms with Crippen LogP contribution in [0.1, 0.15) is 35.7 Å². The van der Waals surface area contributed by atoms with Gasteiger partial charge in [0.15, 0.2) is 0 Å². The van der Waals surface area contributed by atoms with Gasteiger partial charge in [0.2, 0.25) is 0 Å². The van der Waals surface area contributed by atoms with Crippen molar-refractivity contribution in [3.63, 3.8) is 0 Å². The molecule has 0 aromatic heterocycles. The molecule has 4 nitrogen and oxygen atoms in total. The molecule has 0 radical (unpaired) electrons. The van der Waals surface area contributed by atoms with Crippen molar-refractivity contribution in [1.82, 2.24) is 4.90 Å². The zero-order valence-corrected chi connectivity index (χ0v) is 12.0. The third-order valence-corrected chi connectivity index (χ3v) is 2.81. The largest absolute Gasteiger partial charge is 0.395 e. The molecule has 0 aliphatic heterocycles. The summed E-state index contributed by atoms with van der Waals surface area (Å²) in [5.41, 5.74) is 1.34. The molecule has 2 N–H and O–H groups in total. The molecule has 0 spiro atoms. The van der Waals surface area contributed by atoms with Gasteiger partial charge in [0, 0.05) is 31.1 Å². The highest BCUT2D eigenvalue weighted by Crippen LogP contribution is 2.08. The van der Waals surface area contributed by atoms with Gasteiger partial charge in [0.05, 0.1) is 12.7 Å². The highest BCUT2D eigenvalue weighted by Gasteiger charge is 2.12.